The third-order valence-electron chi connectivity index (χ3n) is 5.08. The average molecular weight is 514 g/mol. The summed E-state index contributed by atoms with van der Waals surface area (Å²) < 4.78 is 26.2. The van der Waals surface area contributed by atoms with Gasteiger partial charge in [-0.15, -0.1) is 0 Å². The predicted molar refractivity (Wildman–Crippen MR) is 133 cm³/mol. The molecule has 0 saturated heterocycles. The zero-order valence-electron chi connectivity index (χ0n) is 19.1. The second kappa shape index (κ2) is 11.7. The molecule has 7 nitrogen and oxygen atoms in total. The Morgan fingerprint density at radius 3 is 2.36 bits per heavy atom. The van der Waals surface area contributed by atoms with Crippen molar-refractivity contribution in [3.8, 4) is 0 Å². The van der Waals surface area contributed by atoms with E-state index in [-0.39, 0.29) is 12.5 Å². The number of amides is 2. The van der Waals surface area contributed by atoms with Crippen LogP contribution in [0.1, 0.15) is 31.4 Å². The molecule has 0 aliphatic rings. The van der Waals surface area contributed by atoms with Crippen LogP contribution in [-0.2, 0) is 26.2 Å². The van der Waals surface area contributed by atoms with Crippen LogP contribution < -0.4 is 9.62 Å². The maximum atomic E-state index is 13.5. The molecule has 0 spiro atoms. The first-order valence-electron chi connectivity index (χ1n) is 10.5. The number of anilines is 1. The summed E-state index contributed by atoms with van der Waals surface area (Å²) in [4.78, 5) is 27.5. The van der Waals surface area contributed by atoms with Crippen molar-refractivity contribution in [2.75, 3.05) is 23.7 Å². The number of rotatable bonds is 10. The summed E-state index contributed by atoms with van der Waals surface area (Å²) in [7, 11) is -3.82. The van der Waals surface area contributed by atoms with Crippen molar-refractivity contribution in [2.24, 2.45) is 0 Å². The molecule has 0 bridgehead atoms. The number of carbonyl (C=O) groups is 2. The fourth-order valence-electron chi connectivity index (χ4n) is 3.26. The smallest absolute Gasteiger partial charge is 0.244 e. The van der Waals surface area contributed by atoms with Crippen LogP contribution in [0.4, 0.5) is 5.69 Å². The number of benzene rings is 2. The van der Waals surface area contributed by atoms with Crippen LogP contribution in [0.2, 0.25) is 10.0 Å². The summed E-state index contributed by atoms with van der Waals surface area (Å²) in [5, 5.41) is 3.63. The molecule has 0 heterocycles. The predicted octanol–water partition coefficient (Wildman–Crippen LogP) is 4.01. The van der Waals surface area contributed by atoms with Crippen molar-refractivity contribution < 1.29 is 18.0 Å². The molecule has 0 unspecified atom stereocenters. The van der Waals surface area contributed by atoms with Gasteiger partial charge in [0.2, 0.25) is 21.8 Å². The van der Waals surface area contributed by atoms with Crippen molar-refractivity contribution in [1.82, 2.24) is 10.2 Å². The van der Waals surface area contributed by atoms with E-state index in [4.69, 9.17) is 23.2 Å². The molecule has 0 fully saturated rings. The Bertz CT molecular complexity index is 1110. The minimum absolute atomic E-state index is 0.0895. The van der Waals surface area contributed by atoms with Gasteiger partial charge in [-0.2, -0.15) is 0 Å². The fourth-order valence-corrected chi connectivity index (χ4v) is 4.53. The molecule has 0 radical (unpaired) electrons. The van der Waals surface area contributed by atoms with Crippen LogP contribution in [0.3, 0.4) is 0 Å². The van der Waals surface area contributed by atoms with Crippen LogP contribution >= 0.6 is 23.2 Å². The van der Waals surface area contributed by atoms with Crippen LogP contribution in [-0.4, -0.2) is 50.5 Å². The summed E-state index contributed by atoms with van der Waals surface area (Å²) in [5.74, 6) is -0.851. The lowest BCUT2D eigenvalue weighted by Gasteiger charge is -2.32. The van der Waals surface area contributed by atoms with Crippen molar-refractivity contribution in [1.29, 1.82) is 0 Å². The van der Waals surface area contributed by atoms with Gasteiger partial charge in [0.15, 0.2) is 0 Å². The van der Waals surface area contributed by atoms with Gasteiger partial charge in [-0.3, -0.25) is 13.9 Å². The molecular weight excluding hydrogens is 485 g/mol. The van der Waals surface area contributed by atoms with E-state index >= 15 is 0 Å². The van der Waals surface area contributed by atoms with E-state index in [0.29, 0.717) is 27.8 Å². The maximum Gasteiger partial charge on any atom is 0.244 e. The molecule has 1 atom stereocenters. The molecule has 0 aromatic heterocycles. The molecule has 2 aromatic carbocycles. The number of sulfonamides is 1. The van der Waals surface area contributed by atoms with E-state index in [9.17, 15) is 18.0 Å². The first-order chi connectivity index (χ1) is 15.4. The van der Waals surface area contributed by atoms with Crippen LogP contribution in [0.25, 0.3) is 0 Å². The van der Waals surface area contributed by atoms with E-state index in [1.807, 2.05) is 6.92 Å². The summed E-state index contributed by atoms with van der Waals surface area (Å²) in [6, 6.07) is 11.0. The van der Waals surface area contributed by atoms with Crippen LogP contribution in [0.5, 0.6) is 0 Å². The first kappa shape index (κ1) is 27.0. The highest BCUT2D eigenvalue weighted by Gasteiger charge is 2.30. The van der Waals surface area contributed by atoms with Gasteiger partial charge in [0, 0.05) is 23.1 Å². The van der Waals surface area contributed by atoms with E-state index in [1.165, 1.54) is 11.0 Å². The minimum atomic E-state index is -3.82. The molecule has 33 heavy (non-hydrogen) atoms. The van der Waals surface area contributed by atoms with Gasteiger partial charge < -0.3 is 10.2 Å². The second-order valence-electron chi connectivity index (χ2n) is 7.82. The van der Waals surface area contributed by atoms with E-state index in [0.717, 1.165) is 22.5 Å². The zero-order valence-corrected chi connectivity index (χ0v) is 21.5. The van der Waals surface area contributed by atoms with Gasteiger partial charge >= 0.3 is 0 Å². The maximum absolute atomic E-state index is 13.5. The molecule has 2 aromatic rings. The molecule has 180 valence electrons. The Morgan fingerprint density at radius 2 is 1.76 bits per heavy atom. The summed E-state index contributed by atoms with van der Waals surface area (Å²) in [6.07, 6.45) is 1.77. The number of carbonyl (C=O) groups excluding carboxylic acids is 2. The average Bonchev–Trinajstić information content (AvgIpc) is 2.74. The minimum Gasteiger partial charge on any atom is -0.354 e. The monoisotopic (exact) mass is 513 g/mol. The molecule has 0 aliphatic carbocycles. The number of hydrogen-bond donors (Lipinski definition) is 1. The molecule has 0 aliphatic heterocycles. The highest BCUT2D eigenvalue weighted by atomic mass is 35.5. The Hall–Kier alpha value is -2.29. The number of aryl methyl sites for hydroxylation is 1. The molecular formula is C23H29Cl2N3O4S. The summed E-state index contributed by atoms with van der Waals surface area (Å²) in [6.45, 7) is 5.36. The molecule has 1 N–H and O–H groups in total. The lowest BCUT2D eigenvalue weighted by Crippen LogP contribution is -2.51. The fraction of sp³-hybridized carbons (Fsp3) is 0.391. The molecule has 10 heteroatoms. The molecule has 2 rings (SSSR count). The number of nitrogens with zero attached hydrogens (tertiary/aromatic N) is 2. The quantitative estimate of drug-likeness (QED) is 0.519. The highest BCUT2D eigenvalue weighted by molar-refractivity contribution is 7.92. The molecule has 0 saturated carbocycles. The van der Waals surface area contributed by atoms with Crippen molar-refractivity contribution in [2.45, 2.75) is 39.8 Å². The third-order valence-corrected chi connectivity index (χ3v) is 6.67. The SMILES string of the molecule is CCCNC(=O)[C@@H](C)N(Cc1cccc(Cl)c1)C(=O)CN(c1cc(Cl)ccc1C)S(C)(=O)=O. The van der Waals surface area contributed by atoms with E-state index < -0.39 is 28.5 Å². The largest absolute Gasteiger partial charge is 0.354 e. The van der Waals surface area contributed by atoms with Crippen molar-refractivity contribution >= 4 is 50.7 Å². The number of halogens is 2. The topological polar surface area (TPSA) is 86.8 Å². The van der Waals surface area contributed by atoms with Crippen LogP contribution in [0.15, 0.2) is 42.5 Å². The third kappa shape index (κ3) is 7.62. The summed E-state index contributed by atoms with van der Waals surface area (Å²) >= 11 is 12.2. The first-order valence-corrected chi connectivity index (χ1v) is 13.1. The lowest BCUT2D eigenvalue weighted by molar-refractivity contribution is -0.139. The van der Waals surface area contributed by atoms with Crippen LogP contribution in [0, 0.1) is 6.92 Å². The Morgan fingerprint density at radius 1 is 1.09 bits per heavy atom. The van der Waals surface area contributed by atoms with E-state index in [2.05, 4.69) is 5.32 Å². The number of hydrogen-bond acceptors (Lipinski definition) is 4. The van der Waals surface area contributed by atoms with Gasteiger partial charge in [0.1, 0.15) is 12.6 Å². The zero-order chi connectivity index (χ0) is 24.8. The van der Waals surface area contributed by atoms with Gasteiger partial charge in [-0.1, -0.05) is 48.3 Å². The summed E-state index contributed by atoms with van der Waals surface area (Å²) in [5.41, 5.74) is 1.67. The van der Waals surface area contributed by atoms with Crippen molar-refractivity contribution in [3.63, 3.8) is 0 Å². The lowest BCUT2D eigenvalue weighted by atomic mass is 10.1. The second-order valence-corrected chi connectivity index (χ2v) is 10.6. The normalized spacial score (nSPS) is 12.2. The number of nitrogens with one attached hydrogen (secondary N) is 1. The van der Waals surface area contributed by atoms with Gasteiger partial charge in [-0.05, 0) is 55.7 Å². The Kier molecular flexibility index (Phi) is 9.57. The van der Waals surface area contributed by atoms with Crippen molar-refractivity contribution in [3.05, 3.63) is 63.6 Å². The highest BCUT2D eigenvalue weighted by Crippen LogP contribution is 2.27. The Balaban J connectivity index is 2.42. The van der Waals surface area contributed by atoms with E-state index in [1.54, 1.807) is 50.2 Å². The van der Waals surface area contributed by atoms with Gasteiger partial charge in [-0.25, -0.2) is 8.42 Å². The molecule has 2 amide bonds. The van der Waals surface area contributed by atoms with Gasteiger partial charge in [0.25, 0.3) is 0 Å². The Labute approximate surface area is 205 Å². The standard InChI is InChI=1S/C23H29Cl2N3O4S/c1-5-11-26-23(30)17(3)27(14-18-7-6-8-19(24)12-18)22(29)15-28(33(4,31)32)21-13-20(25)10-9-16(21)2/h6-10,12-13,17H,5,11,14-15H2,1-4H3,(H,26,30)/t17-/m1/s1. The van der Waals surface area contributed by atoms with Gasteiger partial charge in [0.05, 0.1) is 11.9 Å².